The maximum atomic E-state index is 11.9. The van der Waals surface area contributed by atoms with E-state index in [0.717, 1.165) is 11.5 Å². The lowest BCUT2D eigenvalue weighted by molar-refractivity contribution is -0.143. The largest absolute Gasteiger partial charge is 0.481 e. The van der Waals surface area contributed by atoms with Crippen LogP contribution in [0.2, 0.25) is 0 Å². The van der Waals surface area contributed by atoms with E-state index >= 15 is 0 Å². The lowest BCUT2D eigenvalue weighted by atomic mass is 9.91. The number of hydrogen-bond donors (Lipinski definition) is 2. The van der Waals surface area contributed by atoms with Gasteiger partial charge < -0.3 is 15.3 Å². The van der Waals surface area contributed by atoms with Crippen molar-refractivity contribution in [3.05, 3.63) is 12.7 Å². The summed E-state index contributed by atoms with van der Waals surface area (Å²) < 4.78 is 0. The molecule has 0 bridgehead atoms. The molecule has 108 valence electrons. The zero-order chi connectivity index (χ0) is 14.3. The Kier molecular flexibility index (Phi) is 6.77. The fourth-order valence-electron chi connectivity index (χ4n) is 2.20. The van der Waals surface area contributed by atoms with E-state index in [9.17, 15) is 9.59 Å². The van der Waals surface area contributed by atoms with Crippen molar-refractivity contribution in [2.24, 2.45) is 11.8 Å². The molecule has 0 aromatic rings. The van der Waals surface area contributed by atoms with Gasteiger partial charge >= 0.3 is 12.0 Å². The third kappa shape index (κ3) is 5.55. The van der Waals surface area contributed by atoms with Crippen molar-refractivity contribution in [3.63, 3.8) is 0 Å². The molecule has 1 heterocycles. The summed E-state index contributed by atoms with van der Waals surface area (Å²) in [6, 6.07) is -0.156. The topological polar surface area (TPSA) is 69.6 Å². The monoisotopic (exact) mass is 286 g/mol. The van der Waals surface area contributed by atoms with E-state index in [1.165, 1.54) is 0 Å². The second-order valence-electron chi connectivity index (χ2n) is 4.88. The second-order valence-corrected chi connectivity index (χ2v) is 6.03. The maximum absolute atomic E-state index is 11.9. The number of hydrogen-bond acceptors (Lipinski definition) is 3. The lowest BCUT2D eigenvalue weighted by Gasteiger charge is -2.34. The Morgan fingerprint density at radius 2 is 2.26 bits per heavy atom. The molecular formula is C13H22N2O3S. The van der Waals surface area contributed by atoms with Crippen LogP contribution < -0.4 is 5.32 Å². The van der Waals surface area contributed by atoms with Crippen molar-refractivity contribution in [1.29, 1.82) is 0 Å². The number of nitrogens with zero attached hydrogens (tertiary/aromatic N) is 1. The molecule has 5 nitrogen and oxygen atoms in total. The van der Waals surface area contributed by atoms with Crippen LogP contribution in [0.1, 0.15) is 13.3 Å². The zero-order valence-electron chi connectivity index (χ0n) is 11.3. The Hall–Kier alpha value is -1.17. The molecule has 0 saturated carbocycles. The van der Waals surface area contributed by atoms with Gasteiger partial charge in [0.05, 0.1) is 5.92 Å². The van der Waals surface area contributed by atoms with Crippen molar-refractivity contribution >= 4 is 23.8 Å². The van der Waals surface area contributed by atoms with Crippen LogP contribution in [0.4, 0.5) is 4.79 Å². The predicted molar refractivity (Wildman–Crippen MR) is 77.4 cm³/mol. The van der Waals surface area contributed by atoms with Gasteiger partial charge in [-0.2, -0.15) is 11.8 Å². The number of thioether (sulfide) groups is 1. The number of carboxylic acid groups (broad SMARTS) is 1. The molecule has 1 rings (SSSR count). The van der Waals surface area contributed by atoms with E-state index in [1.54, 1.807) is 16.7 Å². The van der Waals surface area contributed by atoms with Gasteiger partial charge in [0.15, 0.2) is 0 Å². The number of carboxylic acids is 1. The molecule has 2 atom stereocenters. The third-order valence-electron chi connectivity index (χ3n) is 3.05. The molecule has 1 fully saturated rings. The van der Waals surface area contributed by atoms with Crippen molar-refractivity contribution in [1.82, 2.24) is 10.2 Å². The molecule has 2 unspecified atom stereocenters. The van der Waals surface area contributed by atoms with E-state index in [4.69, 9.17) is 5.11 Å². The first-order valence-corrected chi connectivity index (χ1v) is 7.64. The minimum absolute atomic E-state index is 0.156. The van der Waals surface area contributed by atoms with E-state index < -0.39 is 11.9 Å². The molecule has 0 aromatic carbocycles. The predicted octanol–water partition coefficient (Wildman–Crippen LogP) is 1.66. The lowest BCUT2D eigenvalue weighted by Crippen LogP contribution is -2.49. The van der Waals surface area contributed by atoms with E-state index in [-0.39, 0.29) is 11.9 Å². The summed E-state index contributed by atoms with van der Waals surface area (Å²) in [4.78, 5) is 24.6. The van der Waals surface area contributed by atoms with Crippen LogP contribution in [0.15, 0.2) is 12.7 Å². The van der Waals surface area contributed by atoms with Crippen LogP contribution in [-0.2, 0) is 4.79 Å². The fraction of sp³-hybridized carbons (Fsp3) is 0.692. The summed E-state index contributed by atoms with van der Waals surface area (Å²) in [5, 5.41) is 11.9. The number of carbonyl (C=O) groups excluding carboxylic acids is 1. The first kappa shape index (κ1) is 15.9. The van der Waals surface area contributed by atoms with Gasteiger partial charge in [-0.1, -0.05) is 13.0 Å². The SMILES string of the molecule is C=CCSCCNC(=O)N1CC(C)CC(C(=O)O)C1. The molecule has 1 saturated heterocycles. The minimum Gasteiger partial charge on any atom is -0.481 e. The number of amides is 2. The maximum Gasteiger partial charge on any atom is 0.317 e. The van der Waals surface area contributed by atoms with Gasteiger partial charge in [0.25, 0.3) is 0 Å². The van der Waals surface area contributed by atoms with Gasteiger partial charge in [-0.3, -0.25) is 4.79 Å². The fourth-order valence-corrected chi connectivity index (χ4v) is 2.78. The number of aliphatic carboxylic acids is 1. The van der Waals surface area contributed by atoms with Gasteiger partial charge in [-0.25, -0.2) is 4.79 Å². The van der Waals surface area contributed by atoms with Gasteiger partial charge in [-0.15, -0.1) is 6.58 Å². The van der Waals surface area contributed by atoms with Crippen LogP contribution in [0, 0.1) is 11.8 Å². The molecule has 2 amide bonds. The summed E-state index contributed by atoms with van der Waals surface area (Å²) in [6.07, 6.45) is 2.48. The summed E-state index contributed by atoms with van der Waals surface area (Å²) in [5.41, 5.74) is 0. The molecule has 2 N–H and O–H groups in total. The van der Waals surface area contributed by atoms with E-state index in [2.05, 4.69) is 11.9 Å². The highest BCUT2D eigenvalue weighted by molar-refractivity contribution is 7.99. The van der Waals surface area contributed by atoms with Crippen molar-refractivity contribution in [3.8, 4) is 0 Å². The molecule has 1 aliphatic rings. The Morgan fingerprint density at radius 1 is 1.53 bits per heavy atom. The number of urea groups is 1. The average Bonchev–Trinajstić information content (AvgIpc) is 2.37. The zero-order valence-corrected chi connectivity index (χ0v) is 12.1. The summed E-state index contributed by atoms with van der Waals surface area (Å²) in [5.74, 6) is 0.688. The van der Waals surface area contributed by atoms with E-state index in [1.807, 2.05) is 13.0 Å². The summed E-state index contributed by atoms with van der Waals surface area (Å²) in [7, 11) is 0. The molecule has 1 aliphatic heterocycles. The molecule has 0 aliphatic carbocycles. The van der Waals surface area contributed by atoms with Gasteiger partial charge in [0, 0.05) is 31.1 Å². The van der Waals surface area contributed by atoms with Gasteiger partial charge in [-0.05, 0) is 12.3 Å². The van der Waals surface area contributed by atoms with Crippen molar-refractivity contribution in [2.45, 2.75) is 13.3 Å². The molecule has 19 heavy (non-hydrogen) atoms. The Balaban J connectivity index is 2.34. The number of nitrogens with one attached hydrogen (secondary N) is 1. The quantitative estimate of drug-likeness (QED) is 0.575. The van der Waals surface area contributed by atoms with Crippen LogP contribution in [0.5, 0.6) is 0 Å². The normalized spacial score (nSPS) is 22.9. The minimum atomic E-state index is -0.814. The third-order valence-corrected chi connectivity index (χ3v) is 4.02. The van der Waals surface area contributed by atoms with Crippen LogP contribution in [0.3, 0.4) is 0 Å². The smallest absolute Gasteiger partial charge is 0.317 e. The number of rotatable bonds is 6. The highest BCUT2D eigenvalue weighted by atomic mass is 32.2. The van der Waals surface area contributed by atoms with Crippen LogP contribution in [0.25, 0.3) is 0 Å². The van der Waals surface area contributed by atoms with Gasteiger partial charge in [0.1, 0.15) is 0 Å². The first-order valence-electron chi connectivity index (χ1n) is 6.48. The molecule has 6 heteroatoms. The Morgan fingerprint density at radius 3 is 2.89 bits per heavy atom. The molecule has 0 aromatic heterocycles. The van der Waals surface area contributed by atoms with Crippen molar-refractivity contribution in [2.75, 3.05) is 31.1 Å². The second kappa shape index (κ2) is 8.09. The molecule has 0 radical (unpaired) electrons. The van der Waals surface area contributed by atoms with Crippen LogP contribution in [-0.4, -0.2) is 53.1 Å². The van der Waals surface area contributed by atoms with Crippen LogP contribution >= 0.6 is 11.8 Å². The highest BCUT2D eigenvalue weighted by Gasteiger charge is 2.31. The molecule has 0 spiro atoms. The standard InChI is InChI=1S/C13H22N2O3S/c1-3-5-19-6-4-14-13(18)15-8-10(2)7-11(9-15)12(16)17/h3,10-11H,1,4-9H2,2H3,(H,14,18)(H,16,17). The number of carbonyl (C=O) groups is 2. The average molecular weight is 286 g/mol. The number of piperidine rings is 1. The Labute approximate surface area is 118 Å². The first-order chi connectivity index (χ1) is 9.04. The Bertz CT molecular complexity index is 336. The summed E-state index contributed by atoms with van der Waals surface area (Å²) in [6.45, 7) is 7.15. The van der Waals surface area contributed by atoms with Crippen molar-refractivity contribution < 1.29 is 14.7 Å². The highest BCUT2D eigenvalue weighted by Crippen LogP contribution is 2.21. The van der Waals surface area contributed by atoms with E-state index in [0.29, 0.717) is 26.1 Å². The number of likely N-dealkylation sites (tertiary alicyclic amines) is 1. The summed E-state index contributed by atoms with van der Waals surface area (Å²) >= 11 is 1.70. The molecular weight excluding hydrogens is 264 g/mol. The van der Waals surface area contributed by atoms with Gasteiger partial charge in [0.2, 0.25) is 0 Å².